The summed E-state index contributed by atoms with van der Waals surface area (Å²) in [6.07, 6.45) is 5.32. The molecule has 0 bridgehead atoms. The number of nitrogens with two attached hydrogens (primary N) is 4. The molecule has 1 saturated carbocycles. The molecule has 2 amide bonds. The molecule has 0 radical (unpaired) electrons. The first-order valence-electron chi connectivity index (χ1n) is 18.8. The molecule has 3 aromatic rings. The van der Waals surface area contributed by atoms with Gasteiger partial charge in [-0.15, -0.1) is 0 Å². The number of nitrogens with one attached hydrogen (secondary N) is 9. The fourth-order valence-corrected chi connectivity index (χ4v) is 5.88. The molecular weight excluding hydrogens is 763 g/mol. The lowest BCUT2D eigenvalue weighted by molar-refractivity contribution is 0.102. The molecule has 60 heavy (non-hydrogen) atoms. The van der Waals surface area contributed by atoms with Crippen LogP contribution in [0.5, 0.6) is 0 Å². The highest BCUT2D eigenvalue weighted by molar-refractivity contribution is 6.12. The molecule has 1 aliphatic rings. The Kier molecular flexibility index (Phi) is 15.6. The lowest BCUT2D eigenvalue weighted by Gasteiger charge is -2.15. The number of benzene rings is 3. The molecule has 0 atom stereocenters. The van der Waals surface area contributed by atoms with Crippen LogP contribution in [0.15, 0.2) is 87.4 Å². The molecule has 3 aromatic carbocycles. The Morgan fingerprint density at radius 2 is 0.917 bits per heavy atom. The molecule has 19 nitrogen and oxygen atoms in total. The lowest BCUT2D eigenvalue weighted by atomic mass is 9.89. The highest BCUT2D eigenvalue weighted by atomic mass is 16.2. The number of carbonyl (C=O) groups is 2. The molecule has 17 N–H and O–H groups in total. The number of amides is 2. The van der Waals surface area contributed by atoms with Crippen molar-refractivity contribution < 1.29 is 9.59 Å². The first-order valence-corrected chi connectivity index (χ1v) is 18.8. The molecule has 0 heterocycles. The number of rotatable bonds is 13. The average molecular weight is 814 g/mol. The van der Waals surface area contributed by atoms with E-state index in [4.69, 9.17) is 39.2 Å². The summed E-state index contributed by atoms with van der Waals surface area (Å²) in [4.78, 5) is 28.2. The van der Waals surface area contributed by atoms with E-state index in [0.717, 1.165) is 25.7 Å². The van der Waals surface area contributed by atoms with Gasteiger partial charge in [0.05, 0.1) is 22.8 Å². The van der Waals surface area contributed by atoms with Gasteiger partial charge in [-0.25, -0.2) is 16.3 Å². The van der Waals surface area contributed by atoms with Gasteiger partial charge in [0, 0.05) is 56.2 Å². The van der Waals surface area contributed by atoms with Gasteiger partial charge in [0.15, 0.2) is 0 Å². The maximum absolute atomic E-state index is 14.1. The molecule has 0 aliphatic heterocycles. The van der Waals surface area contributed by atoms with E-state index < -0.39 is 11.8 Å². The molecule has 0 saturated heterocycles. The van der Waals surface area contributed by atoms with E-state index in [1.807, 2.05) is 0 Å². The van der Waals surface area contributed by atoms with Gasteiger partial charge in [-0.1, -0.05) is 37.7 Å². The Balaban J connectivity index is 1.78. The van der Waals surface area contributed by atoms with Crippen molar-refractivity contribution in [2.75, 3.05) is 10.6 Å². The summed E-state index contributed by atoms with van der Waals surface area (Å²) in [6, 6.07) is 15.1. The van der Waals surface area contributed by atoms with Gasteiger partial charge in [-0.3, -0.25) is 31.2 Å². The maximum atomic E-state index is 14.1. The van der Waals surface area contributed by atoms with Gasteiger partial charge in [0.1, 0.15) is 5.82 Å². The van der Waals surface area contributed by atoms with E-state index >= 15 is 0 Å². The molecule has 0 aromatic heterocycles. The van der Waals surface area contributed by atoms with E-state index in [2.05, 4.69) is 71.2 Å². The zero-order valence-corrected chi connectivity index (χ0v) is 33.9. The minimum atomic E-state index is -0.531. The van der Waals surface area contributed by atoms with E-state index in [-0.39, 0.29) is 40.7 Å². The molecule has 1 aliphatic carbocycles. The Morgan fingerprint density at radius 1 is 0.567 bits per heavy atom. The third kappa shape index (κ3) is 13.9. The Hall–Kier alpha value is -8.01. The van der Waals surface area contributed by atoms with Crippen molar-refractivity contribution in [2.24, 2.45) is 49.3 Å². The Labute approximate surface area is 348 Å². The normalized spacial score (nSPS) is 13.5. The molecule has 19 heteroatoms. The second kappa shape index (κ2) is 20.9. The van der Waals surface area contributed by atoms with Crippen LogP contribution in [-0.4, -0.2) is 52.5 Å². The van der Waals surface area contributed by atoms with Crippen molar-refractivity contribution in [3.8, 4) is 11.8 Å². The van der Waals surface area contributed by atoms with Crippen molar-refractivity contribution in [3.63, 3.8) is 0 Å². The van der Waals surface area contributed by atoms with Crippen molar-refractivity contribution in [2.45, 2.75) is 59.8 Å². The van der Waals surface area contributed by atoms with Crippen LogP contribution >= 0.6 is 0 Å². The first-order chi connectivity index (χ1) is 28.5. The monoisotopic (exact) mass is 813 g/mol. The summed E-state index contributed by atoms with van der Waals surface area (Å²) in [5, 5.41) is 45.0. The van der Waals surface area contributed by atoms with Gasteiger partial charge in [-0.2, -0.15) is 20.4 Å². The van der Waals surface area contributed by atoms with E-state index in [9.17, 15) is 9.59 Å². The van der Waals surface area contributed by atoms with Crippen molar-refractivity contribution in [3.05, 3.63) is 106 Å². The zero-order valence-electron chi connectivity index (χ0n) is 33.9. The molecule has 4 rings (SSSR count). The second-order valence-corrected chi connectivity index (χ2v) is 13.9. The van der Waals surface area contributed by atoms with E-state index in [1.165, 1.54) is 12.5 Å². The summed E-state index contributed by atoms with van der Waals surface area (Å²) in [5.74, 6) is 4.80. The smallest absolute Gasteiger partial charge is 0.255 e. The number of hydrazone groups is 4. The van der Waals surface area contributed by atoms with Crippen LogP contribution in [0.25, 0.3) is 0 Å². The summed E-state index contributed by atoms with van der Waals surface area (Å²) < 4.78 is 0. The van der Waals surface area contributed by atoms with Gasteiger partial charge in [0.2, 0.25) is 17.9 Å². The maximum Gasteiger partial charge on any atom is 0.255 e. The molecule has 0 unspecified atom stereocenters. The summed E-state index contributed by atoms with van der Waals surface area (Å²) in [5.41, 5.74) is 37.6. The summed E-state index contributed by atoms with van der Waals surface area (Å²) in [7, 11) is 0. The first kappa shape index (κ1) is 44.7. The van der Waals surface area contributed by atoms with Gasteiger partial charge in [0.25, 0.3) is 11.8 Å². The van der Waals surface area contributed by atoms with Crippen LogP contribution < -0.4 is 55.3 Å². The second-order valence-electron chi connectivity index (χ2n) is 13.9. The van der Waals surface area contributed by atoms with Crippen LogP contribution in [0.1, 0.15) is 108 Å². The number of anilines is 2. The summed E-state index contributed by atoms with van der Waals surface area (Å²) in [6.45, 7) is 10.4. The number of nitrogens with zero attached hydrogens (tertiary/aromatic N) is 4. The Morgan fingerprint density at radius 3 is 1.27 bits per heavy atom. The fourth-order valence-electron chi connectivity index (χ4n) is 5.88. The van der Waals surface area contributed by atoms with Gasteiger partial charge < -0.3 is 33.6 Å². The predicted molar refractivity (Wildman–Crippen MR) is 239 cm³/mol. The standard InChI is InChI=1S/C41H51N17O2/c1-22(51-55-26(5)42)29-15-30(23(2)52-56-39(43)44)19-35(18-29)49-37(59)33-13-28(12-11-27-9-7-6-8-10-27)14-34(17-33)38(60)50-36-20-31(24(3)53-57-40(45)46)16-32(21-36)25(4)54-58-41(47)48/h13-21,27,55H,5-10,42H2,1-4H3,(H,49,59)(H,50,60)(H4,43,44,56)(H4,45,46,57)(H4,47,48,58)/b51-22+,52-23+,53-24+,54-25+. The molecule has 0 spiro atoms. The third-order valence-corrected chi connectivity index (χ3v) is 8.94. The van der Waals surface area contributed by atoms with Crippen LogP contribution in [0.4, 0.5) is 11.4 Å². The molecule has 1 fully saturated rings. The van der Waals surface area contributed by atoms with E-state index in [1.54, 1.807) is 76.2 Å². The quantitative estimate of drug-likeness (QED) is 0.0516. The van der Waals surface area contributed by atoms with Crippen LogP contribution in [0.3, 0.4) is 0 Å². The average Bonchev–Trinajstić information content (AvgIpc) is 3.21. The SMILES string of the molecule is C=C(N)N/N=C(\C)c1cc(NC(=O)c2cc(C#CC3CCCCC3)cc(C(=O)Nc3cc(/C(C)=N/NC(=N)N)cc(/C(C)=N/NC(=N)N)c3)c2)cc(/C(C)=N/NC(=N)N)c1. The van der Waals surface area contributed by atoms with Crippen molar-refractivity contribution >= 4 is 63.9 Å². The summed E-state index contributed by atoms with van der Waals surface area (Å²) >= 11 is 0. The number of hydrogen-bond donors (Lipinski definition) is 13. The molecular formula is C41H51N17O2. The lowest BCUT2D eigenvalue weighted by Crippen LogP contribution is -2.27. The number of guanidine groups is 3. The van der Waals surface area contributed by atoms with E-state index in [0.29, 0.717) is 62.0 Å². The zero-order chi connectivity index (χ0) is 43.9. The molecule has 312 valence electrons. The van der Waals surface area contributed by atoms with Crippen LogP contribution in [0.2, 0.25) is 0 Å². The largest absolute Gasteiger partial charge is 0.385 e. The van der Waals surface area contributed by atoms with Crippen LogP contribution in [-0.2, 0) is 0 Å². The Bertz CT molecular complexity index is 2130. The highest BCUT2D eigenvalue weighted by Gasteiger charge is 2.17. The topological polar surface area (TPSA) is 331 Å². The van der Waals surface area contributed by atoms with Crippen molar-refractivity contribution in [1.82, 2.24) is 21.7 Å². The van der Waals surface area contributed by atoms with Gasteiger partial charge >= 0.3 is 0 Å². The fraction of sp³-hybridized carbons (Fsp3) is 0.244. The van der Waals surface area contributed by atoms with Crippen molar-refractivity contribution in [1.29, 1.82) is 16.2 Å². The minimum absolute atomic E-state index is 0.138. The number of hydrogen-bond acceptors (Lipinski definition) is 11. The third-order valence-electron chi connectivity index (χ3n) is 8.94. The highest BCUT2D eigenvalue weighted by Crippen LogP contribution is 2.24. The van der Waals surface area contributed by atoms with Crippen LogP contribution in [0, 0.1) is 34.0 Å². The number of carbonyl (C=O) groups excluding carboxylic acids is 2. The van der Waals surface area contributed by atoms with Gasteiger partial charge in [-0.05, 0) is 95.1 Å². The minimum Gasteiger partial charge on any atom is -0.385 e. The predicted octanol–water partition coefficient (Wildman–Crippen LogP) is 3.49.